The molecule has 0 aromatic heterocycles. The second-order valence-corrected chi connectivity index (χ2v) is 7.00. The van der Waals surface area contributed by atoms with E-state index in [0.29, 0.717) is 5.41 Å². The van der Waals surface area contributed by atoms with Gasteiger partial charge in [-0.15, -0.1) is 0 Å². The second-order valence-electron chi connectivity index (χ2n) is 7.00. The number of nitrogens with zero attached hydrogens (tertiary/aromatic N) is 1. The summed E-state index contributed by atoms with van der Waals surface area (Å²) in [4.78, 5) is 2.56. The average Bonchev–Trinajstić information content (AvgIpc) is 2.73. The van der Waals surface area contributed by atoms with Gasteiger partial charge in [-0.25, -0.2) is 0 Å². The predicted molar refractivity (Wildman–Crippen MR) is 91.8 cm³/mol. The molecule has 0 bridgehead atoms. The molecule has 1 fully saturated rings. The molecule has 21 heavy (non-hydrogen) atoms. The summed E-state index contributed by atoms with van der Waals surface area (Å²) in [6.07, 6.45) is 9.18. The summed E-state index contributed by atoms with van der Waals surface area (Å²) < 4.78 is 0. The van der Waals surface area contributed by atoms with E-state index in [2.05, 4.69) is 49.6 Å². The van der Waals surface area contributed by atoms with Crippen LogP contribution >= 0.6 is 0 Å². The first-order valence-electron chi connectivity index (χ1n) is 8.77. The van der Waals surface area contributed by atoms with Crippen molar-refractivity contribution < 1.29 is 0 Å². The van der Waals surface area contributed by atoms with Crippen molar-refractivity contribution in [3.8, 4) is 0 Å². The lowest BCUT2D eigenvalue weighted by Crippen LogP contribution is -2.35. The van der Waals surface area contributed by atoms with Crippen molar-refractivity contribution >= 4 is 5.69 Å². The van der Waals surface area contributed by atoms with E-state index in [0.717, 1.165) is 12.5 Å². The summed E-state index contributed by atoms with van der Waals surface area (Å²) in [5.74, 6) is 0.733. The van der Waals surface area contributed by atoms with E-state index >= 15 is 0 Å². The van der Waals surface area contributed by atoms with E-state index in [9.17, 15) is 0 Å². The number of hydrogen-bond acceptors (Lipinski definition) is 1. The van der Waals surface area contributed by atoms with Gasteiger partial charge in [0, 0.05) is 23.3 Å². The van der Waals surface area contributed by atoms with Gasteiger partial charge in [0.25, 0.3) is 0 Å². The Bertz CT molecular complexity index is 506. The molecule has 1 heterocycles. The molecule has 1 nitrogen and oxygen atoms in total. The van der Waals surface area contributed by atoms with Crippen LogP contribution in [0.2, 0.25) is 0 Å². The fraction of sp³-hybridized carbons (Fsp3) is 0.600. The molecule has 2 aliphatic rings. The Morgan fingerprint density at radius 1 is 1.19 bits per heavy atom. The van der Waals surface area contributed by atoms with E-state index in [1.165, 1.54) is 56.3 Å². The van der Waals surface area contributed by atoms with Crippen LogP contribution < -0.4 is 4.90 Å². The van der Waals surface area contributed by atoms with E-state index < -0.39 is 0 Å². The number of hydrogen-bond donors (Lipinski definition) is 0. The van der Waals surface area contributed by atoms with Crippen LogP contribution in [0.25, 0.3) is 0 Å². The molecule has 0 saturated heterocycles. The van der Waals surface area contributed by atoms with Crippen LogP contribution in [0.1, 0.15) is 64.4 Å². The first-order valence-corrected chi connectivity index (χ1v) is 8.77. The molecule has 1 aromatic carbocycles. The molecule has 114 valence electrons. The fourth-order valence-electron chi connectivity index (χ4n) is 4.36. The average molecular weight is 283 g/mol. The maximum absolute atomic E-state index is 4.47. The minimum Gasteiger partial charge on any atom is -0.344 e. The summed E-state index contributed by atoms with van der Waals surface area (Å²) >= 11 is 0. The summed E-state index contributed by atoms with van der Waals surface area (Å²) in [5, 5.41) is 0. The van der Waals surface area contributed by atoms with Gasteiger partial charge in [-0.3, -0.25) is 0 Å². The van der Waals surface area contributed by atoms with Gasteiger partial charge in [-0.1, -0.05) is 57.9 Å². The van der Waals surface area contributed by atoms with Crippen LogP contribution in [0.5, 0.6) is 0 Å². The van der Waals surface area contributed by atoms with Gasteiger partial charge in [0.2, 0.25) is 0 Å². The normalized spacial score (nSPS) is 20.2. The molecule has 0 spiro atoms. The van der Waals surface area contributed by atoms with Crippen LogP contribution in [0.15, 0.2) is 36.5 Å². The third-order valence-corrected chi connectivity index (χ3v) is 5.61. The van der Waals surface area contributed by atoms with Crippen molar-refractivity contribution in [3.05, 3.63) is 42.1 Å². The van der Waals surface area contributed by atoms with Crippen LogP contribution in [-0.2, 0) is 5.41 Å². The molecule has 1 heteroatoms. The van der Waals surface area contributed by atoms with Gasteiger partial charge < -0.3 is 4.90 Å². The Morgan fingerprint density at radius 2 is 1.86 bits per heavy atom. The first kappa shape index (κ1) is 14.7. The predicted octanol–water partition coefficient (Wildman–Crippen LogP) is 5.66. The Labute approximate surface area is 130 Å². The van der Waals surface area contributed by atoms with E-state index in [1.807, 2.05) is 0 Å². The van der Waals surface area contributed by atoms with E-state index in [4.69, 9.17) is 0 Å². The fourth-order valence-corrected chi connectivity index (χ4v) is 4.36. The Hall–Kier alpha value is -1.24. The monoisotopic (exact) mass is 283 g/mol. The number of fused-ring (bicyclic) bond motifs is 1. The highest BCUT2D eigenvalue weighted by Crippen LogP contribution is 2.49. The summed E-state index contributed by atoms with van der Waals surface area (Å²) in [6, 6.07) is 9.09. The molecule has 0 radical (unpaired) electrons. The lowest BCUT2D eigenvalue weighted by Gasteiger charge is -2.36. The van der Waals surface area contributed by atoms with Crippen molar-refractivity contribution in [3.63, 3.8) is 0 Å². The lowest BCUT2D eigenvalue weighted by molar-refractivity contribution is 0.345. The quantitative estimate of drug-likeness (QED) is 0.651. The standard InChI is InChI=1S/C20H29N/c1-4-13-20(14-5-2)15-21(16(3)17-9-8-10-17)19-12-7-6-11-18(19)20/h6-7,11-12,17H,3-5,8-10,13-15H2,1-2H3. The number of para-hydroxylation sites is 1. The SMILES string of the molecule is C=C(C1CCC1)N1CC(CCC)(CCC)c2ccccc21. The highest BCUT2D eigenvalue weighted by atomic mass is 15.2. The molecule has 1 aromatic rings. The van der Waals surface area contributed by atoms with Crippen LogP contribution in [0.3, 0.4) is 0 Å². The zero-order valence-electron chi connectivity index (χ0n) is 13.7. The smallest absolute Gasteiger partial charge is 0.0447 e. The maximum atomic E-state index is 4.47. The van der Waals surface area contributed by atoms with E-state index in [1.54, 1.807) is 5.56 Å². The summed E-state index contributed by atoms with van der Waals surface area (Å²) in [5.41, 5.74) is 4.75. The van der Waals surface area contributed by atoms with Gasteiger partial charge in [-0.2, -0.15) is 0 Å². The van der Waals surface area contributed by atoms with Crippen molar-refractivity contribution in [2.45, 2.75) is 64.2 Å². The van der Waals surface area contributed by atoms with Crippen molar-refractivity contribution in [1.29, 1.82) is 0 Å². The van der Waals surface area contributed by atoms with Crippen LogP contribution in [-0.4, -0.2) is 6.54 Å². The molecule has 1 aliphatic heterocycles. The molecular formula is C20H29N. The van der Waals surface area contributed by atoms with Crippen LogP contribution in [0.4, 0.5) is 5.69 Å². The van der Waals surface area contributed by atoms with Crippen molar-refractivity contribution in [1.82, 2.24) is 0 Å². The zero-order chi connectivity index (χ0) is 14.9. The number of benzene rings is 1. The minimum absolute atomic E-state index is 0.354. The topological polar surface area (TPSA) is 3.24 Å². The van der Waals surface area contributed by atoms with Crippen molar-refractivity contribution in [2.75, 3.05) is 11.4 Å². The van der Waals surface area contributed by atoms with Gasteiger partial charge in [0.15, 0.2) is 0 Å². The third-order valence-electron chi connectivity index (χ3n) is 5.61. The highest BCUT2D eigenvalue weighted by Gasteiger charge is 2.43. The number of rotatable bonds is 6. The summed E-state index contributed by atoms with van der Waals surface area (Å²) in [7, 11) is 0. The Balaban J connectivity index is 1.96. The van der Waals surface area contributed by atoms with E-state index in [-0.39, 0.29) is 0 Å². The third kappa shape index (κ3) is 2.41. The van der Waals surface area contributed by atoms with Gasteiger partial charge in [-0.05, 0) is 43.2 Å². The second kappa shape index (κ2) is 5.87. The minimum atomic E-state index is 0.354. The summed E-state index contributed by atoms with van der Waals surface area (Å²) in [6.45, 7) is 10.3. The molecule has 3 rings (SSSR count). The Kier molecular flexibility index (Phi) is 4.10. The number of allylic oxidation sites excluding steroid dienone is 1. The Morgan fingerprint density at radius 3 is 2.43 bits per heavy atom. The molecule has 0 N–H and O–H groups in total. The molecule has 0 amide bonds. The van der Waals surface area contributed by atoms with Crippen molar-refractivity contribution in [2.24, 2.45) is 5.92 Å². The molecular weight excluding hydrogens is 254 g/mol. The zero-order valence-corrected chi connectivity index (χ0v) is 13.7. The number of anilines is 1. The molecule has 0 unspecified atom stereocenters. The van der Waals surface area contributed by atoms with Gasteiger partial charge in [0.1, 0.15) is 0 Å². The maximum Gasteiger partial charge on any atom is 0.0447 e. The molecule has 1 saturated carbocycles. The largest absolute Gasteiger partial charge is 0.344 e. The van der Waals surface area contributed by atoms with Gasteiger partial charge in [0.05, 0.1) is 0 Å². The highest BCUT2D eigenvalue weighted by molar-refractivity contribution is 5.66. The molecule has 1 aliphatic carbocycles. The first-order chi connectivity index (χ1) is 10.2. The van der Waals surface area contributed by atoms with Gasteiger partial charge >= 0.3 is 0 Å². The lowest BCUT2D eigenvalue weighted by atomic mass is 9.75. The molecule has 0 atom stereocenters. The van der Waals surface area contributed by atoms with Crippen LogP contribution in [0, 0.1) is 5.92 Å².